The zero-order chi connectivity index (χ0) is 11.3. The van der Waals surface area contributed by atoms with Crippen LogP contribution < -0.4 is 10.6 Å². The summed E-state index contributed by atoms with van der Waals surface area (Å²) in [6, 6.07) is 2.00. The third kappa shape index (κ3) is 1.13. The van der Waals surface area contributed by atoms with Gasteiger partial charge in [0.15, 0.2) is 5.70 Å². The highest BCUT2D eigenvalue weighted by molar-refractivity contribution is 5.30. The second-order valence-corrected chi connectivity index (χ2v) is 4.57. The average Bonchev–Trinajstić information content (AvgIpc) is 2.73. The van der Waals surface area contributed by atoms with Crippen molar-refractivity contribution in [2.45, 2.75) is 24.7 Å². The van der Waals surface area contributed by atoms with Crippen LogP contribution in [0.5, 0.6) is 0 Å². The van der Waals surface area contributed by atoms with Gasteiger partial charge in [-0.15, -0.1) is 0 Å². The van der Waals surface area contributed by atoms with E-state index in [0.717, 1.165) is 12.2 Å². The van der Waals surface area contributed by atoms with Crippen molar-refractivity contribution in [2.24, 2.45) is 5.92 Å². The van der Waals surface area contributed by atoms with Gasteiger partial charge >= 0.3 is 0 Å². The Balaban J connectivity index is 1.96. The van der Waals surface area contributed by atoms with Crippen molar-refractivity contribution in [2.75, 3.05) is 13.2 Å². The average molecular weight is 222 g/mol. The van der Waals surface area contributed by atoms with Crippen molar-refractivity contribution in [1.29, 1.82) is 5.26 Å². The van der Waals surface area contributed by atoms with Gasteiger partial charge in [0.25, 0.3) is 0 Å². The Hall–Kier alpha value is -1.45. The molecule has 2 heterocycles. The van der Waals surface area contributed by atoms with Gasteiger partial charge in [-0.05, 0) is 6.42 Å². The van der Waals surface area contributed by atoms with Gasteiger partial charge < -0.3 is 25.7 Å². The van der Waals surface area contributed by atoms with Gasteiger partial charge in [-0.3, -0.25) is 0 Å². The van der Waals surface area contributed by atoms with E-state index >= 15 is 0 Å². The van der Waals surface area contributed by atoms with Crippen LogP contribution >= 0.6 is 0 Å². The first-order chi connectivity index (χ1) is 7.72. The van der Waals surface area contributed by atoms with Gasteiger partial charge in [-0.1, -0.05) is 0 Å². The van der Waals surface area contributed by atoms with Gasteiger partial charge in [0.05, 0.1) is 18.8 Å². The lowest BCUT2D eigenvalue weighted by Gasteiger charge is -2.31. The third-order valence-corrected chi connectivity index (χ3v) is 3.77. The predicted molar refractivity (Wildman–Crippen MR) is 54.4 cm³/mol. The quantitative estimate of drug-likeness (QED) is 0.389. The van der Waals surface area contributed by atoms with Crippen LogP contribution in [-0.2, 0) is 0 Å². The number of fused-ring (bicyclic) bond motifs is 4. The Morgan fingerprint density at radius 1 is 1.31 bits per heavy atom. The summed E-state index contributed by atoms with van der Waals surface area (Å²) in [4.78, 5) is 1.94. The third-order valence-electron chi connectivity index (χ3n) is 3.77. The largest absolute Gasteiger partial charge is 0.390 e. The molecule has 0 spiro atoms. The SMILES string of the molecule is N#CC1=C2NCC3CC(C(O)[C@@H]3O)N2CN1. The van der Waals surface area contributed by atoms with E-state index in [2.05, 4.69) is 16.7 Å². The molecule has 0 amide bonds. The summed E-state index contributed by atoms with van der Waals surface area (Å²) in [5.74, 6) is 0.832. The van der Waals surface area contributed by atoms with Crippen molar-refractivity contribution < 1.29 is 10.2 Å². The molecule has 6 heteroatoms. The van der Waals surface area contributed by atoms with E-state index in [1.54, 1.807) is 0 Å². The van der Waals surface area contributed by atoms with Crippen LogP contribution in [0.15, 0.2) is 11.5 Å². The normalized spacial score (nSPS) is 40.9. The molecule has 16 heavy (non-hydrogen) atoms. The molecule has 6 nitrogen and oxygen atoms in total. The molecular formula is C10H14N4O2. The van der Waals surface area contributed by atoms with Crippen LogP contribution in [0, 0.1) is 17.2 Å². The van der Waals surface area contributed by atoms with E-state index in [0.29, 0.717) is 18.9 Å². The lowest BCUT2D eigenvalue weighted by Crippen LogP contribution is -2.47. The number of aliphatic hydroxyl groups is 2. The number of rotatable bonds is 0. The topological polar surface area (TPSA) is 91.5 Å². The van der Waals surface area contributed by atoms with Gasteiger partial charge in [0.2, 0.25) is 0 Å². The molecule has 3 rings (SSSR count). The fourth-order valence-corrected chi connectivity index (χ4v) is 2.88. The second kappa shape index (κ2) is 3.27. The van der Waals surface area contributed by atoms with Crippen LogP contribution in [0.2, 0.25) is 0 Å². The molecule has 2 fully saturated rings. The summed E-state index contributed by atoms with van der Waals surface area (Å²) in [5, 5.41) is 34.9. The first-order valence-corrected chi connectivity index (χ1v) is 5.47. The highest BCUT2D eigenvalue weighted by Crippen LogP contribution is 2.35. The van der Waals surface area contributed by atoms with Crippen molar-refractivity contribution in [1.82, 2.24) is 15.5 Å². The molecule has 0 radical (unpaired) electrons. The minimum absolute atomic E-state index is 0.0676. The summed E-state index contributed by atoms with van der Waals surface area (Å²) < 4.78 is 0. The Bertz CT molecular complexity index is 389. The van der Waals surface area contributed by atoms with Crippen LogP contribution in [0.4, 0.5) is 0 Å². The molecule has 2 bridgehead atoms. The summed E-state index contributed by atoms with van der Waals surface area (Å²) in [6.45, 7) is 1.12. The Kier molecular flexibility index (Phi) is 1.99. The number of nitriles is 1. The highest BCUT2D eigenvalue weighted by Gasteiger charge is 2.48. The maximum absolute atomic E-state index is 9.95. The van der Waals surface area contributed by atoms with E-state index in [4.69, 9.17) is 5.26 Å². The summed E-state index contributed by atoms with van der Waals surface area (Å²) in [6.07, 6.45) is -0.619. The number of aliphatic hydroxyl groups excluding tert-OH is 2. The maximum Gasteiger partial charge on any atom is 0.155 e. The molecule has 3 unspecified atom stereocenters. The van der Waals surface area contributed by atoms with E-state index < -0.39 is 12.2 Å². The first kappa shape index (κ1) is 9.75. The molecule has 0 aromatic rings. The number of nitrogens with one attached hydrogen (secondary N) is 2. The van der Waals surface area contributed by atoms with Crippen LogP contribution in [0.25, 0.3) is 0 Å². The maximum atomic E-state index is 9.95. The van der Waals surface area contributed by atoms with Crippen molar-refractivity contribution in [3.05, 3.63) is 11.5 Å². The second-order valence-electron chi connectivity index (χ2n) is 4.57. The fraction of sp³-hybridized carbons (Fsp3) is 0.700. The number of hydrogen-bond acceptors (Lipinski definition) is 6. The summed E-state index contributed by atoms with van der Waals surface area (Å²) in [5.41, 5.74) is 0.522. The summed E-state index contributed by atoms with van der Waals surface area (Å²) in [7, 11) is 0. The minimum atomic E-state index is -0.720. The van der Waals surface area contributed by atoms with Gasteiger partial charge in [0, 0.05) is 12.5 Å². The zero-order valence-electron chi connectivity index (χ0n) is 8.72. The summed E-state index contributed by atoms with van der Waals surface area (Å²) >= 11 is 0. The molecule has 1 aliphatic carbocycles. The van der Waals surface area contributed by atoms with Crippen LogP contribution in [0.1, 0.15) is 6.42 Å². The molecule has 0 aromatic carbocycles. The monoisotopic (exact) mass is 222 g/mol. The van der Waals surface area contributed by atoms with Crippen molar-refractivity contribution >= 4 is 0 Å². The van der Waals surface area contributed by atoms with Gasteiger partial charge in [0.1, 0.15) is 18.0 Å². The molecule has 4 atom stereocenters. The number of hydrogen-bond donors (Lipinski definition) is 4. The minimum Gasteiger partial charge on any atom is -0.390 e. The lowest BCUT2D eigenvalue weighted by atomic mass is 10.1. The Morgan fingerprint density at radius 3 is 2.88 bits per heavy atom. The van der Waals surface area contributed by atoms with E-state index in [-0.39, 0.29) is 12.0 Å². The molecule has 4 N–H and O–H groups in total. The zero-order valence-corrected chi connectivity index (χ0v) is 8.72. The molecular weight excluding hydrogens is 208 g/mol. The predicted octanol–water partition coefficient (Wildman–Crippen LogP) is -1.74. The van der Waals surface area contributed by atoms with Gasteiger partial charge in [-0.25, -0.2) is 0 Å². The highest BCUT2D eigenvalue weighted by atomic mass is 16.3. The first-order valence-electron chi connectivity index (χ1n) is 5.47. The van der Waals surface area contributed by atoms with E-state index in [9.17, 15) is 10.2 Å². The molecule has 3 aliphatic rings. The lowest BCUT2D eigenvalue weighted by molar-refractivity contribution is -0.0108. The van der Waals surface area contributed by atoms with E-state index in [1.807, 2.05) is 4.90 Å². The smallest absolute Gasteiger partial charge is 0.155 e. The molecule has 1 saturated carbocycles. The number of allylic oxidation sites excluding steroid dienone is 1. The Labute approximate surface area is 93.2 Å². The van der Waals surface area contributed by atoms with Crippen LogP contribution in [0.3, 0.4) is 0 Å². The Morgan fingerprint density at radius 2 is 2.12 bits per heavy atom. The van der Waals surface area contributed by atoms with Gasteiger partial charge in [-0.2, -0.15) is 5.26 Å². The number of nitrogens with zero attached hydrogens (tertiary/aromatic N) is 2. The molecule has 0 aromatic heterocycles. The van der Waals surface area contributed by atoms with Crippen molar-refractivity contribution in [3.8, 4) is 6.07 Å². The van der Waals surface area contributed by atoms with Crippen molar-refractivity contribution in [3.63, 3.8) is 0 Å². The fourth-order valence-electron chi connectivity index (χ4n) is 2.88. The van der Waals surface area contributed by atoms with Crippen LogP contribution in [-0.4, -0.2) is 46.6 Å². The standard InChI is InChI=1S/C10H14N4O2/c11-2-6-10-12-3-5-1-7(9(16)8(5)15)14(10)4-13-6/h5,7-9,12-13,15-16H,1,3-4H2/t5?,7?,8-,9?/m1/s1. The molecule has 1 saturated heterocycles. The molecule has 2 aliphatic heterocycles. The molecule has 86 valence electrons. The van der Waals surface area contributed by atoms with E-state index in [1.165, 1.54) is 0 Å².